The van der Waals surface area contributed by atoms with E-state index in [1.807, 2.05) is 0 Å². The van der Waals surface area contributed by atoms with Crippen LogP contribution in [0.25, 0.3) is 0 Å². The molecule has 1 saturated heterocycles. The first-order chi connectivity index (χ1) is 11.4. The summed E-state index contributed by atoms with van der Waals surface area (Å²) in [6.45, 7) is -0.653. The quantitative estimate of drug-likeness (QED) is 0.623. The van der Waals surface area contributed by atoms with Crippen LogP contribution >= 0.6 is 0 Å². The Morgan fingerprint density at radius 1 is 1.29 bits per heavy atom. The molecule has 9 nitrogen and oxygen atoms in total. The molecule has 0 aliphatic carbocycles. The number of piperidine rings is 1. The first-order valence-corrected chi connectivity index (χ1v) is 7.23. The van der Waals surface area contributed by atoms with Crippen LogP contribution in [0.15, 0.2) is 18.2 Å². The fraction of sp³-hybridized carbons (Fsp3) is 0.333. The van der Waals surface area contributed by atoms with E-state index in [4.69, 9.17) is 9.84 Å². The molecular formula is C15H14N2O7. The van der Waals surface area contributed by atoms with Gasteiger partial charge in [0.05, 0.1) is 17.2 Å². The Kier molecular flexibility index (Phi) is 3.94. The number of aliphatic carboxylic acids is 1. The smallest absolute Gasteiger partial charge is 0.341 e. The molecule has 126 valence electrons. The number of nitrogens with one attached hydrogen (secondary N) is 1. The van der Waals surface area contributed by atoms with E-state index >= 15 is 0 Å². The van der Waals surface area contributed by atoms with Gasteiger partial charge in [0.2, 0.25) is 5.91 Å². The predicted molar refractivity (Wildman–Crippen MR) is 77.2 cm³/mol. The molecule has 3 N–H and O–H groups in total. The standard InChI is InChI=1S/C15H14N2O7/c18-10-5-4-8(13(21)16-10)17-14(22)7-2-1-3-9(12(7)15(17)23)24-6-11(19)20/h1-3,8,13,21H,4-6H2,(H,16,18)(H,19,20). The van der Waals surface area contributed by atoms with Crippen molar-refractivity contribution in [1.29, 1.82) is 0 Å². The minimum absolute atomic E-state index is 0.00918. The van der Waals surface area contributed by atoms with E-state index in [1.165, 1.54) is 18.2 Å². The maximum absolute atomic E-state index is 12.7. The maximum atomic E-state index is 12.7. The van der Waals surface area contributed by atoms with Gasteiger partial charge in [0.25, 0.3) is 11.8 Å². The zero-order valence-corrected chi connectivity index (χ0v) is 12.4. The summed E-state index contributed by atoms with van der Waals surface area (Å²) in [5.41, 5.74) is 0.0415. The monoisotopic (exact) mass is 334 g/mol. The van der Waals surface area contributed by atoms with E-state index in [0.717, 1.165) is 4.90 Å². The molecule has 0 bridgehead atoms. The lowest BCUT2D eigenvalue weighted by Gasteiger charge is -2.33. The van der Waals surface area contributed by atoms with Gasteiger partial charge in [0, 0.05) is 6.42 Å². The highest BCUT2D eigenvalue weighted by molar-refractivity contribution is 6.23. The van der Waals surface area contributed by atoms with Crippen LogP contribution in [-0.4, -0.2) is 57.7 Å². The molecule has 0 aromatic heterocycles. The van der Waals surface area contributed by atoms with Gasteiger partial charge in [-0.3, -0.25) is 19.3 Å². The molecule has 2 aliphatic rings. The summed E-state index contributed by atoms with van der Waals surface area (Å²) in [5.74, 6) is -2.88. The first-order valence-electron chi connectivity index (χ1n) is 7.23. The third-order valence-corrected chi connectivity index (χ3v) is 3.93. The number of benzene rings is 1. The maximum Gasteiger partial charge on any atom is 0.341 e. The SMILES string of the molecule is O=C(O)COc1cccc2c1C(=O)N(C1CCC(=O)NC1O)C2=O. The molecule has 9 heteroatoms. The van der Waals surface area contributed by atoms with Gasteiger partial charge in [0.1, 0.15) is 12.0 Å². The second-order valence-electron chi connectivity index (χ2n) is 5.46. The topological polar surface area (TPSA) is 133 Å². The molecule has 0 spiro atoms. The minimum Gasteiger partial charge on any atom is -0.481 e. The molecule has 0 radical (unpaired) electrons. The lowest BCUT2D eigenvalue weighted by atomic mass is 10.0. The Hall–Kier alpha value is -2.94. The van der Waals surface area contributed by atoms with Crippen molar-refractivity contribution in [2.24, 2.45) is 0 Å². The third kappa shape index (κ3) is 2.58. The molecule has 1 aromatic rings. The summed E-state index contributed by atoms with van der Waals surface area (Å²) in [4.78, 5) is 48.0. The Morgan fingerprint density at radius 2 is 2.04 bits per heavy atom. The van der Waals surface area contributed by atoms with E-state index in [9.17, 15) is 24.3 Å². The Bertz CT molecular complexity index is 745. The van der Waals surface area contributed by atoms with E-state index in [0.29, 0.717) is 0 Å². The van der Waals surface area contributed by atoms with Gasteiger partial charge >= 0.3 is 5.97 Å². The number of hydrogen-bond donors (Lipinski definition) is 3. The summed E-state index contributed by atoms with van der Waals surface area (Å²) >= 11 is 0. The number of fused-ring (bicyclic) bond motifs is 1. The highest BCUT2D eigenvalue weighted by atomic mass is 16.5. The van der Waals surface area contributed by atoms with Crippen molar-refractivity contribution < 1.29 is 34.1 Å². The summed E-state index contributed by atoms with van der Waals surface area (Å²) in [6, 6.07) is 3.42. The van der Waals surface area contributed by atoms with Crippen molar-refractivity contribution in [2.75, 3.05) is 6.61 Å². The number of carbonyl (C=O) groups excluding carboxylic acids is 3. The van der Waals surface area contributed by atoms with Crippen molar-refractivity contribution in [3.05, 3.63) is 29.3 Å². The number of carboxylic acids is 1. The average Bonchev–Trinajstić information content (AvgIpc) is 2.78. The molecule has 24 heavy (non-hydrogen) atoms. The van der Waals surface area contributed by atoms with Gasteiger partial charge in [-0.05, 0) is 18.6 Å². The van der Waals surface area contributed by atoms with Crippen LogP contribution in [0.4, 0.5) is 0 Å². The Morgan fingerprint density at radius 3 is 2.71 bits per heavy atom. The Balaban J connectivity index is 1.92. The number of rotatable bonds is 4. The lowest BCUT2D eigenvalue weighted by molar-refractivity contribution is -0.139. The van der Waals surface area contributed by atoms with Gasteiger partial charge in [0.15, 0.2) is 6.61 Å². The van der Waals surface area contributed by atoms with Gasteiger partial charge < -0.3 is 20.3 Å². The molecular weight excluding hydrogens is 320 g/mol. The van der Waals surface area contributed by atoms with Crippen LogP contribution in [0.3, 0.4) is 0 Å². The summed E-state index contributed by atoms with van der Waals surface area (Å²) in [6.07, 6.45) is -1.13. The zero-order valence-electron chi connectivity index (χ0n) is 12.4. The number of nitrogens with zero attached hydrogens (tertiary/aromatic N) is 1. The van der Waals surface area contributed by atoms with E-state index in [1.54, 1.807) is 0 Å². The molecule has 2 aliphatic heterocycles. The minimum atomic E-state index is -1.35. The number of aliphatic hydroxyl groups is 1. The third-order valence-electron chi connectivity index (χ3n) is 3.93. The summed E-state index contributed by atoms with van der Waals surface area (Å²) in [7, 11) is 0. The van der Waals surface area contributed by atoms with Crippen molar-refractivity contribution in [2.45, 2.75) is 25.1 Å². The summed E-state index contributed by atoms with van der Waals surface area (Å²) in [5, 5.41) is 21.0. The summed E-state index contributed by atoms with van der Waals surface area (Å²) < 4.78 is 5.08. The van der Waals surface area contributed by atoms with Gasteiger partial charge in [-0.25, -0.2) is 4.79 Å². The molecule has 2 heterocycles. The first kappa shape index (κ1) is 15.9. The largest absolute Gasteiger partial charge is 0.481 e. The number of amides is 3. The second-order valence-corrected chi connectivity index (χ2v) is 5.46. The van der Waals surface area contributed by atoms with Gasteiger partial charge in [-0.2, -0.15) is 0 Å². The fourth-order valence-electron chi connectivity index (χ4n) is 2.87. The fourth-order valence-corrected chi connectivity index (χ4v) is 2.87. The van der Waals surface area contributed by atoms with Crippen molar-refractivity contribution in [1.82, 2.24) is 10.2 Å². The van der Waals surface area contributed by atoms with Crippen LogP contribution < -0.4 is 10.1 Å². The van der Waals surface area contributed by atoms with Crippen molar-refractivity contribution >= 4 is 23.7 Å². The van der Waals surface area contributed by atoms with Crippen LogP contribution in [0.1, 0.15) is 33.6 Å². The van der Waals surface area contributed by atoms with Crippen LogP contribution in [0.2, 0.25) is 0 Å². The van der Waals surface area contributed by atoms with E-state index in [-0.39, 0.29) is 35.6 Å². The van der Waals surface area contributed by atoms with Crippen molar-refractivity contribution in [3.63, 3.8) is 0 Å². The number of carbonyl (C=O) groups is 4. The number of carboxylic acid groups (broad SMARTS) is 1. The normalized spacial score (nSPS) is 23.0. The highest BCUT2D eigenvalue weighted by Gasteiger charge is 2.45. The zero-order chi connectivity index (χ0) is 17.4. The molecule has 3 amide bonds. The van der Waals surface area contributed by atoms with E-state index < -0.39 is 36.7 Å². The second kappa shape index (κ2) is 5.93. The van der Waals surface area contributed by atoms with Crippen LogP contribution in [-0.2, 0) is 9.59 Å². The van der Waals surface area contributed by atoms with E-state index in [2.05, 4.69) is 5.32 Å². The molecule has 2 atom stereocenters. The van der Waals surface area contributed by atoms with Crippen LogP contribution in [0.5, 0.6) is 5.75 Å². The molecule has 1 fully saturated rings. The molecule has 2 unspecified atom stereocenters. The highest BCUT2D eigenvalue weighted by Crippen LogP contribution is 2.34. The van der Waals surface area contributed by atoms with Crippen LogP contribution in [0, 0.1) is 0 Å². The van der Waals surface area contributed by atoms with Crippen molar-refractivity contribution in [3.8, 4) is 5.75 Å². The number of hydrogen-bond acceptors (Lipinski definition) is 6. The van der Waals surface area contributed by atoms with Gasteiger partial charge in [-0.1, -0.05) is 6.07 Å². The molecule has 0 saturated carbocycles. The number of aliphatic hydroxyl groups excluding tert-OH is 1. The predicted octanol–water partition coefficient (Wildman–Crippen LogP) is -0.657. The molecule has 1 aromatic carbocycles. The lowest BCUT2D eigenvalue weighted by Crippen LogP contribution is -2.57. The average molecular weight is 334 g/mol. The van der Waals surface area contributed by atoms with Gasteiger partial charge in [-0.15, -0.1) is 0 Å². The Labute approximate surface area is 135 Å². The molecule has 3 rings (SSSR count). The number of imide groups is 1. The number of ether oxygens (including phenoxy) is 1.